The van der Waals surface area contributed by atoms with E-state index in [2.05, 4.69) is 5.32 Å². The van der Waals surface area contributed by atoms with Crippen molar-refractivity contribution in [1.82, 2.24) is 5.32 Å². The summed E-state index contributed by atoms with van der Waals surface area (Å²) in [5.41, 5.74) is 2.03. The lowest BCUT2D eigenvalue weighted by atomic mass is 10.0. The van der Waals surface area contributed by atoms with Gasteiger partial charge in [0.1, 0.15) is 5.76 Å². The molecule has 0 radical (unpaired) electrons. The molecular weight excluding hydrogens is 278 g/mol. The summed E-state index contributed by atoms with van der Waals surface area (Å²) in [6, 6.07) is 11.4. The Morgan fingerprint density at radius 2 is 2.05 bits per heavy atom. The SMILES string of the molecule is CCc1oc(C(=O)NC(CCCO)c2ccccc2)cc1C. The molecule has 1 unspecified atom stereocenters. The maximum absolute atomic E-state index is 12.4. The Balaban J connectivity index is 2.13. The minimum absolute atomic E-state index is 0.110. The van der Waals surface area contributed by atoms with Crippen molar-refractivity contribution < 1.29 is 14.3 Å². The number of benzene rings is 1. The highest BCUT2D eigenvalue weighted by Gasteiger charge is 2.19. The van der Waals surface area contributed by atoms with Gasteiger partial charge in [-0.15, -0.1) is 0 Å². The second-order valence-electron chi connectivity index (χ2n) is 5.37. The highest BCUT2D eigenvalue weighted by Crippen LogP contribution is 2.20. The number of aryl methyl sites for hydroxylation is 2. The van der Waals surface area contributed by atoms with Crippen molar-refractivity contribution in [2.75, 3.05) is 6.61 Å². The molecule has 2 rings (SSSR count). The minimum atomic E-state index is -0.213. The Hall–Kier alpha value is -2.07. The predicted octanol–water partition coefficient (Wildman–Crippen LogP) is 3.39. The van der Waals surface area contributed by atoms with Gasteiger partial charge in [-0.05, 0) is 37.0 Å². The van der Waals surface area contributed by atoms with Crippen LogP contribution in [0.5, 0.6) is 0 Å². The van der Waals surface area contributed by atoms with Gasteiger partial charge in [-0.1, -0.05) is 37.3 Å². The van der Waals surface area contributed by atoms with Gasteiger partial charge in [-0.25, -0.2) is 0 Å². The first-order valence-electron chi connectivity index (χ1n) is 7.71. The summed E-state index contributed by atoms with van der Waals surface area (Å²) in [4.78, 5) is 12.4. The molecule has 1 amide bonds. The number of amides is 1. The van der Waals surface area contributed by atoms with E-state index in [4.69, 9.17) is 9.52 Å². The largest absolute Gasteiger partial charge is 0.456 e. The van der Waals surface area contributed by atoms with Crippen molar-refractivity contribution in [3.8, 4) is 0 Å². The summed E-state index contributed by atoms with van der Waals surface area (Å²) >= 11 is 0. The van der Waals surface area contributed by atoms with Gasteiger partial charge in [0.15, 0.2) is 5.76 Å². The summed E-state index contributed by atoms with van der Waals surface area (Å²) in [6.07, 6.45) is 2.09. The molecule has 1 atom stereocenters. The highest BCUT2D eigenvalue weighted by atomic mass is 16.4. The van der Waals surface area contributed by atoms with Crippen molar-refractivity contribution in [3.05, 3.63) is 59.0 Å². The van der Waals surface area contributed by atoms with Crippen LogP contribution in [0, 0.1) is 6.92 Å². The molecule has 4 nitrogen and oxygen atoms in total. The lowest BCUT2D eigenvalue weighted by Crippen LogP contribution is -2.28. The van der Waals surface area contributed by atoms with Crippen LogP contribution in [0.4, 0.5) is 0 Å². The van der Waals surface area contributed by atoms with Crippen LogP contribution in [0.25, 0.3) is 0 Å². The van der Waals surface area contributed by atoms with Gasteiger partial charge in [0, 0.05) is 13.0 Å². The van der Waals surface area contributed by atoms with Gasteiger partial charge in [0.05, 0.1) is 6.04 Å². The molecule has 0 aliphatic carbocycles. The summed E-state index contributed by atoms with van der Waals surface area (Å²) in [5.74, 6) is 0.977. The van der Waals surface area contributed by atoms with Crippen LogP contribution in [-0.2, 0) is 6.42 Å². The van der Waals surface area contributed by atoms with Crippen molar-refractivity contribution in [1.29, 1.82) is 0 Å². The smallest absolute Gasteiger partial charge is 0.287 e. The van der Waals surface area contributed by atoms with Crippen LogP contribution in [0.1, 0.15) is 53.2 Å². The first-order valence-corrected chi connectivity index (χ1v) is 7.71. The van der Waals surface area contributed by atoms with Gasteiger partial charge in [0.25, 0.3) is 5.91 Å². The van der Waals surface area contributed by atoms with Crippen molar-refractivity contribution in [2.45, 2.75) is 39.2 Å². The van der Waals surface area contributed by atoms with E-state index in [1.807, 2.05) is 44.2 Å². The van der Waals surface area contributed by atoms with Crippen LogP contribution < -0.4 is 5.32 Å². The fraction of sp³-hybridized carbons (Fsp3) is 0.389. The Labute approximate surface area is 131 Å². The molecule has 1 aromatic carbocycles. The zero-order valence-electron chi connectivity index (χ0n) is 13.1. The quantitative estimate of drug-likeness (QED) is 0.824. The lowest BCUT2D eigenvalue weighted by Gasteiger charge is -2.18. The molecule has 118 valence electrons. The van der Waals surface area contributed by atoms with Gasteiger partial charge < -0.3 is 14.8 Å². The molecule has 0 saturated heterocycles. The Morgan fingerprint density at radius 1 is 1.32 bits per heavy atom. The van der Waals surface area contributed by atoms with Gasteiger partial charge in [-0.3, -0.25) is 4.79 Å². The van der Waals surface area contributed by atoms with E-state index >= 15 is 0 Å². The maximum Gasteiger partial charge on any atom is 0.287 e. The second kappa shape index (κ2) is 7.80. The van der Waals surface area contributed by atoms with Crippen LogP contribution in [-0.4, -0.2) is 17.6 Å². The van der Waals surface area contributed by atoms with Gasteiger partial charge in [0.2, 0.25) is 0 Å². The van der Waals surface area contributed by atoms with Crippen LogP contribution in [0.2, 0.25) is 0 Å². The summed E-state index contributed by atoms with van der Waals surface area (Å²) < 4.78 is 5.61. The Bertz CT molecular complexity index is 604. The van der Waals surface area contributed by atoms with Crippen molar-refractivity contribution in [2.24, 2.45) is 0 Å². The fourth-order valence-corrected chi connectivity index (χ4v) is 2.52. The number of aliphatic hydroxyl groups excluding tert-OH is 1. The fourth-order valence-electron chi connectivity index (χ4n) is 2.52. The van der Waals surface area contributed by atoms with Crippen LogP contribution in [0.3, 0.4) is 0 Å². The molecule has 2 aromatic rings. The zero-order valence-corrected chi connectivity index (χ0v) is 13.1. The molecule has 0 fully saturated rings. The molecule has 1 aromatic heterocycles. The standard InChI is InChI=1S/C18H23NO3/c1-3-16-13(2)12-17(22-16)18(21)19-15(10-7-11-20)14-8-5-4-6-9-14/h4-6,8-9,12,15,20H,3,7,10-11H2,1-2H3,(H,19,21). The maximum atomic E-state index is 12.4. The molecule has 1 heterocycles. The van der Waals surface area contributed by atoms with E-state index in [1.54, 1.807) is 6.07 Å². The molecule has 4 heteroatoms. The molecule has 22 heavy (non-hydrogen) atoms. The number of nitrogens with one attached hydrogen (secondary N) is 1. The molecule has 0 saturated carbocycles. The van der Waals surface area contributed by atoms with Crippen molar-refractivity contribution in [3.63, 3.8) is 0 Å². The number of carbonyl (C=O) groups is 1. The number of furan rings is 1. The third kappa shape index (κ3) is 3.98. The topological polar surface area (TPSA) is 62.5 Å². The van der Waals surface area contributed by atoms with Gasteiger partial charge in [-0.2, -0.15) is 0 Å². The second-order valence-corrected chi connectivity index (χ2v) is 5.37. The van der Waals surface area contributed by atoms with Crippen LogP contribution >= 0.6 is 0 Å². The third-order valence-corrected chi connectivity index (χ3v) is 3.72. The van der Waals surface area contributed by atoms with E-state index in [1.165, 1.54) is 0 Å². The number of carbonyl (C=O) groups excluding carboxylic acids is 1. The monoisotopic (exact) mass is 301 g/mol. The third-order valence-electron chi connectivity index (χ3n) is 3.72. The Kier molecular flexibility index (Phi) is 5.78. The molecule has 0 aliphatic heterocycles. The van der Waals surface area contributed by atoms with E-state index in [-0.39, 0.29) is 18.6 Å². The predicted molar refractivity (Wildman–Crippen MR) is 85.8 cm³/mol. The average molecular weight is 301 g/mol. The van der Waals surface area contributed by atoms with Crippen LogP contribution in [0.15, 0.2) is 40.8 Å². The summed E-state index contributed by atoms with van der Waals surface area (Å²) in [5, 5.41) is 12.1. The minimum Gasteiger partial charge on any atom is -0.456 e. The lowest BCUT2D eigenvalue weighted by molar-refractivity contribution is 0.0902. The molecule has 0 aliphatic rings. The van der Waals surface area contributed by atoms with Crippen molar-refractivity contribution >= 4 is 5.91 Å². The average Bonchev–Trinajstić information content (AvgIpc) is 2.93. The zero-order chi connectivity index (χ0) is 15.9. The Morgan fingerprint density at radius 3 is 2.64 bits per heavy atom. The first kappa shape index (κ1) is 16.3. The number of hydrogen-bond acceptors (Lipinski definition) is 3. The molecular formula is C18H23NO3. The van der Waals surface area contributed by atoms with E-state index < -0.39 is 0 Å². The number of hydrogen-bond donors (Lipinski definition) is 2. The molecule has 2 N–H and O–H groups in total. The summed E-state index contributed by atoms with van der Waals surface area (Å²) in [7, 11) is 0. The van der Waals surface area contributed by atoms with Gasteiger partial charge >= 0.3 is 0 Å². The number of rotatable bonds is 7. The van der Waals surface area contributed by atoms with E-state index in [9.17, 15) is 4.79 Å². The normalized spacial score (nSPS) is 12.1. The van der Waals surface area contributed by atoms with E-state index in [0.29, 0.717) is 18.6 Å². The highest BCUT2D eigenvalue weighted by molar-refractivity contribution is 5.92. The van der Waals surface area contributed by atoms with E-state index in [0.717, 1.165) is 23.3 Å². The summed E-state index contributed by atoms with van der Waals surface area (Å²) in [6.45, 7) is 4.06. The molecule has 0 bridgehead atoms. The first-order chi connectivity index (χ1) is 10.7. The molecule has 0 spiro atoms. The number of aliphatic hydroxyl groups is 1.